The van der Waals surface area contributed by atoms with Crippen molar-refractivity contribution < 1.29 is 14.3 Å². The maximum atomic E-state index is 13.0. The Bertz CT molecular complexity index is 886. The molecule has 0 aliphatic carbocycles. The number of esters is 1. The molecule has 2 aromatic carbocycles. The van der Waals surface area contributed by atoms with E-state index >= 15 is 0 Å². The van der Waals surface area contributed by atoms with Gasteiger partial charge in [0.25, 0.3) is 0 Å². The standard InChI is InChI=1S/C29H42N2O3S/c1-4-7-9-10-12-21-31(29(33)30-20-11-8-5-2)25-14-13-15-27(23-25)35-26-18-16-24(17-19-26)22-28(32)34-6-3/h13-19,23H,4-12,20-22H2,1-3H3,(H,30,33). The van der Waals surface area contributed by atoms with Crippen molar-refractivity contribution in [2.24, 2.45) is 0 Å². The number of hydrogen-bond donors (Lipinski definition) is 1. The van der Waals surface area contributed by atoms with E-state index in [1.54, 1.807) is 11.8 Å². The zero-order chi connectivity index (χ0) is 25.3. The van der Waals surface area contributed by atoms with E-state index in [0.717, 1.165) is 59.7 Å². The highest BCUT2D eigenvalue weighted by molar-refractivity contribution is 7.99. The minimum Gasteiger partial charge on any atom is -0.466 e. The van der Waals surface area contributed by atoms with Crippen LogP contribution in [-0.4, -0.2) is 31.7 Å². The van der Waals surface area contributed by atoms with Gasteiger partial charge in [-0.3, -0.25) is 9.69 Å². The predicted molar refractivity (Wildman–Crippen MR) is 146 cm³/mol. The van der Waals surface area contributed by atoms with Gasteiger partial charge in [0.15, 0.2) is 0 Å². The van der Waals surface area contributed by atoms with Crippen LogP contribution in [0.3, 0.4) is 0 Å². The third-order valence-electron chi connectivity index (χ3n) is 5.73. The van der Waals surface area contributed by atoms with E-state index in [9.17, 15) is 9.59 Å². The minimum absolute atomic E-state index is 0.0120. The number of benzene rings is 2. The van der Waals surface area contributed by atoms with E-state index in [-0.39, 0.29) is 18.4 Å². The van der Waals surface area contributed by atoms with Crippen molar-refractivity contribution >= 4 is 29.4 Å². The Hall–Kier alpha value is -2.47. The monoisotopic (exact) mass is 498 g/mol. The molecule has 0 heterocycles. The first-order chi connectivity index (χ1) is 17.1. The number of ether oxygens (including phenoxy) is 1. The molecular weight excluding hydrogens is 456 g/mol. The lowest BCUT2D eigenvalue weighted by Gasteiger charge is -2.24. The second kappa shape index (κ2) is 17.0. The van der Waals surface area contributed by atoms with Gasteiger partial charge in [0.05, 0.1) is 13.0 Å². The molecule has 35 heavy (non-hydrogen) atoms. The molecule has 2 rings (SSSR count). The van der Waals surface area contributed by atoms with E-state index < -0.39 is 0 Å². The van der Waals surface area contributed by atoms with E-state index in [1.807, 2.05) is 48.2 Å². The zero-order valence-corrected chi connectivity index (χ0v) is 22.5. The highest BCUT2D eigenvalue weighted by Gasteiger charge is 2.16. The van der Waals surface area contributed by atoms with Crippen molar-refractivity contribution in [2.45, 2.75) is 88.3 Å². The minimum atomic E-state index is -0.205. The molecule has 6 heteroatoms. The van der Waals surface area contributed by atoms with Gasteiger partial charge < -0.3 is 10.1 Å². The van der Waals surface area contributed by atoms with Gasteiger partial charge in [-0.15, -0.1) is 0 Å². The van der Waals surface area contributed by atoms with Gasteiger partial charge in [-0.05, 0) is 55.7 Å². The molecule has 2 aromatic rings. The number of hydrogen-bond acceptors (Lipinski definition) is 4. The van der Waals surface area contributed by atoms with Crippen LogP contribution in [0.2, 0.25) is 0 Å². The third-order valence-corrected chi connectivity index (χ3v) is 6.73. The Balaban J connectivity index is 2.05. The number of rotatable bonds is 16. The van der Waals surface area contributed by atoms with Crippen molar-refractivity contribution in [3.8, 4) is 0 Å². The van der Waals surface area contributed by atoms with Gasteiger partial charge in [0, 0.05) is 28.6 Å². The topological polar surface area (TPSA) is 58.6 Å². The predicted octanol–water partition coefficient (Wildman–Crippen LogP) is 7.62. The highest BCUT2D eigenvalue weighted by Crippen LogP contribution is 2.31. The molecule has 0 fully saturated rings. The fourth-order valence-electron chi connectivity index (χ4n) is 3.79. The van der Waals surface area contributed by atoms with Crippen LogP contribution in [0.25, 0.3) is 0 Å². The van der Waals surface area contributed by atoms with Gasteiger partial charge in [0.1, 0.15) is 0 Å². The molecule has 0 aliphatic rings. The summed E-state index contributed by atoms with van der Waals surface area (Å²) in [7, 11) is 0. The Labute approximate surface area is 216 Å². The normalized spacial score (nSPS) is 10.7. The summed E-state index contributed by atoms with van der Waals surface area (Å²) in [5.41, 5.74) is 1.87. The van der Waals surface area contributed by atoms with E-state index in [4.69, 9.17) is 4.74 Å². The third kappa shape index (κ3) is 11.2. The Morgan fingerprint density at radius 1 is 0.857 bits per heavy atom. The van der Waals surface area contributed by atoms with Crippen LogP contribution in [-0.2, 0) is 16.0 Å². The molecule has 192 valence electrons. The van der Waals surface area contributed by atoms with Crippen LogP contribution in [0.4, 0.5) is 10.5 Å². The molecule has 0 spiro atoms. The lowest BCUT2D eigenvalue weighted by atomic mass is 10.1. The zero-order valence-electron chi connectivity index (χ0n) is 21.7. The van der Waals surface area contributed by atoms with Crippen molar-refractivity contribution in [1.82, 2.24) is 5.32 Å². The van der Waals surface area contributed by atoms with Gasteiger partial charge in [-0.1, -0.05) is 82.3 Å². The second-order valence-electron chi connectivity index (χ2n) is 8.73. The molecular formula is C29H42N2O3S. The first-order valence-corrected chi connectivity index (χ1v) is 14.0. The summed E-state index contributed by atoms with van der Waals surface area (Å²) in [6, 6.07) is 16.2. The second-order valence-corrected chi connectivity index (χ2v) is 9.88. The molecule has 0 saturated heterocycles. The molecule has 5 nitrogen and oxygen atoms in total. The number of anilines is 1. The number of unbranched alkanes of at least 4 members (excludes halogenated alkanes) is 6. The van der Waals surface area contributed by atoms with Crippen LogP contribution >= 0.6 is 11.8 Å². The maximum absolute atomic E-state index is 13.0. The van der Waals surface area contributed by atoms with Crippen LogP contribution < -0.4 is 10.2 Å². The average Bonchev–Trinajstić information content (AvgIpc) is 2.85. The van der Waals surface area contributed by atoms with Gasteiger partial charge >= 0.3 is 12.0 Å². The lowest BCUT2D eigenvalue weighted by Crippen LogP contribution is -2.41. The van der Waals surface area contributed by atoms with Crippen LogP contribution in [0.1, 0.15) is 77.7 Å². The number of amides is 2. The van der Waals surface area contributed by atoms with Crippen molar-refractivity contribution in [3.05, 3.63) is 54.1 Å². The number of nitrogens with zero attached hydrogens (tertiary/aromatic N) is 1. The molecule has 0 saturated carbocycles. The molecule has 1 N–H and O–H groups in total. The maximum Gasteiger partial charge on any atom is 0.321 e. The number of carbonyl (C=O) groups is 2. The summed E-state index contributed by atoms with van der Waals surface area (Å²) in [6.07, 6.45) is 9.37. The fraction of sp³-hybridized carbons (Fsp3) is 0.517. The van der Waals surface area contributed by atoms with E-state index in [2.05, 4.69) is 31.3 Å². The first kappa shape index (κ1) is 28.8. The average molecular weight is 499 g/mol. The number of carbonyl (C=O) groups excluding carboxylic acids is 2. The smallest absolute Gasteiger partial charge is 0.321 e. The van der Waals surface area contributed by atoms with Crippen molar-refractivity contribution in [3.63, 3.8) is 0 Å². The summed E-state index contributed by atoms with van der Waals surface area (Å²) in [4.78, 5) is 28.8. The number of urea groups is 1. The first-order valence-electron chi connectivity index (χ1n) is 13.1. The molecule has 0 aliphatic heterocycles. The Morgan fingerprint density at radius 2 is 1.57 bits per heavy atom. The molecule has 0 atom stereocenters. The molecule has 0 aromatic heterocycles. The molecule has 2 amide bonds. The molecule has 0 radical (unpaired) electrons. The quantitative estimate of drug-likeness (QED) is 0.191. The largest absolute Gasteiger partial charge is 0.466 e. The van der Waals surface area contributed by atoms with Gasteiger partial charge in [-0.25, -0.2) is 4.79 Å². The SMILES string of the molecule is CCCCCCCN(C(=O)NCCCCC)c1cccc(Sc2ccc(CC(=O)OCC)cc2)c1. The lowest BCUT2D eigenvalue weighted by molar-refractivity contribution is -0.142. The summed E-state index contributed by atoms with van der Waals surface area (Å²) >= 11 is 1.65. The van der Waals surface area contributed by atoms with Crippen LogP contribution in [0, 0.1) is 0 Å². The summed E-state index contributed by atoms with van der Waals surface area (Å²) < 4.78 is 5.03. The molecule has 0 unspecified atom stereocenters. The van der Waals surface area contributed by atoms with E-state index in [0.29, 0.717) is 13.2 Å². The Morgan fingerprint density at radius 3 is 2.29 bits per heavy atom. The van der Waals surface area contributed by atoms with Crippen molar-refractivity contribution in [2.75, 3.05) is 24.6 Å². The molecule has 0 bridgehead atoms. The Kier molecular flexibility index (Phi) is 14.0. The summed E-state index contributed by atoms with van der Waals surface area (Å²) in [5, 5.41) is 3.11. The summed E-state index contributed by atoms with van der Waals surface area (Å²) in [6.45, 7) is 8.03. The van der Waals surface area contributed by atoms with E-state index in [1.165, 1.54) is 19.3 Å². The van der Waals surface area contributed by atoms with Crippen molar-refractivity contribution in [1.29, 1.82) is 0 Å². The fourth-order valence-corrected chi connectivity index (χ4v) is 4.66. The van der Waals surface area contributed by atoms with Gasteiger partial charge in [-0.2, -0.15) is 0 Å². The number of nitrogens with one attached hydrogen (secondary N) is 1. The van der Waals surface area contributed by atoms with Crippen LogP contribution in [0.15, 0.2) is 58.3 Å². The summed E-state index contributed by atoms with van der Waals surface area (Å²) in [5.74, 6) is -0.205. The van der Waals surface area contributed by atoms with Crippen LogP contribution in [0.5, 0.6) is 0 Å². The van der Waals surface area contributed by atoms with Gasteiger partial charge in [0.2, 0.25) is 0 Å². The highest BCUT2D eigenvalue weighted by atomic mass is 32.2.